The Balaban J connectivity index is 1.61. The van der Waals surface area contributed by atoms with Crippen molar-refractivity contribution in [3.05, 3.63) is 35.9 Å². The van der Waals surface area contributed by atoms with Crippen LogP contribution in [0.25, 0.3) is 0 Å². The number of Topliss-reactive ketones (excluding diaryl/α,β-unsaturated/α-hetero) is 1. The molecule has 1 N–H and O–H groups in total. The number of nitriles is 1. The zero-order chi connectivity index (χ0) is 17.1. The first-order chi connectivity index (χ1) is 11.6. The second-order valence-electron chi connectivity index (χ2n) is 6.39. The van der Waals surface area contributed by atoms with Crippen LogP contribution in [0.4, 0.5) is 0 Å². The standard InChI is InChI=1S/C18H19N3O3/c19-10-13-8-14(9-13)20-18(24)17(23)15-6-7-16(22)21(15)11-12-4-2-1-3-5-12/h1-5,13-15H,6-9,11H2,(H,20,24)/t13?,14?,15-/m1/s1. The maximum Gasteiger partial charge on any atom is 0.289 e. The largest absolute Gasteiger partial charge is 0.347 e. The topological polar surface area (TPSA) is 90.3 Å². The molecule has 1 aromatic rings. The molecule has 1 saturated carbocycles. The van der Waals surface area contributed by atoms with Crippen LogP contribution in [0.5, 0.6) is 0 Å². The summed E-state index contributed by atoms with van der Waals surface area (Å²) in [4.78, 5) is 38.2. The van der Waals surface area contributed by atoms with Crippen molar-refractivity contribution in [2.75, 3.05) is 0 Å². The van der Waals surface area contributed by atoms with E-state index in [1.165, 1.54) is 4.90 Å². The highest BCUT2D eigenvalue weighted by atomic mass is 16.2. The summed E-state index contributed by atoms with van der Waals surface area (Å²) in [6.45, 7) is 0.337. The van der Waals surface area contributed by atoms with Crippen molar-refractivity contribution < 1.29 is 14.4 Å². The first kappa shape index (κ1) is 16.2. The van der Waals surface area contributed by atoms with Gasteiger partial charge in [-0.15, -0.1) is 0 Å². The number of hydrogen-bond donors (Lipinski definition) is 1. The third-order valence-corrected chi connectivity index (χ3v) is 4.71. The van der Waals surface area contributed by atoms with E-state index in [2.05, 4.69) is 11.4 Å². The predicted molar refractivity (Wildman–Crippen MR) is 85.3 cm³/mol. The van der Waals surface area contributed by atoms with Gasteiger partial charge in [0.25, 0.3) is 5.91 Å². The minimum Gasteiger partial charge on any atom is -0.347 e. The van der Waals surface area contributed by atoms with Gasteiger partial charge in [0, 0.05) is 19.0 Å². The number of nitrogens with zero attached hydrogens (tertiary/aromatic N) is 2. The van der Waals surface area contributed by atoms with E-state index in [9.17, 15) is 14.4 Å². The molecule has 1 aromatic carbocycles. The quantitative estimate of drug-likeness (QED) is 0.823. The Hall–Kier alpha value is -2.68. The van der Waals surface area contributed by atoms with Crippen LogP contribution < -0.4 is 5.32 Å². The molecule has 6 heteroatoms. The summed E-state index contributed by atoms with van der Waals surface area (Å²) in [5, 5.41) is 11.4. The molecular weight excluding hydrogens is 306 g/mol. The van der Waals surface area contributed by atoms with Gasteiger partial charge in [-0.05, 0) is 24.8 Å². The average Bonchev–Trinajstić information content (AvgIpc) is 2.91. The lowest BCUT2D eigenvalue weighted by atomic mass is 9.81. The molecule has 0 unspecified atom stereocenters. The van der Waals surface area contributed by atoms with Gasteiger partial charge in [-0.25, -0.2) is 0 Å². The highest BCUT2D eigenvalue weighted by Gasteiger charge is 2.40. The number of hydrogen-bond acceptors (Lipinski definition) is 4. The van der Waals surface area contributed by atoms with E-state index in [4.69, 9.17) is 5.26 Å². The number of nitrogens with one attached hydrogen (secondary N) is 1. The first-order valence-corrected chi connectivity index (χ1v) is 8.16. The zero-order valence-electron chi connectivity index (χ0n) is 13.3. The summed E-state index contributed by atoms with van der Waals surface area (Å²) in [5.74, 6) is -1.34. The van der Waals surface area contributed by atoms with Gasteiger partial charge in [0.05, 0.1) is 12.0 Å². The third kappa shape index (κ3) is 3.30. The number of amides is 2. The zero-order valence-corrected chi connectivity index (χ0v) is 13.3. The van der Waals surface area contributed by atoms with E-state index in [1.807, 2.05) is 30.3 Å². The first-order valence-electron chi connectivity index (χ1n) is 8.16. The Bertz CT molecular complexity index is 689. The van der Waals surface area contributed by atoms with Crippen LogP contribution in [0.3, 0.4) is 0 Å². The van der Waals surface area contributed by atoms with Crippen molar-refractivity contribution in [1.82, 2.24) is 10.2 Å². The van der Waals surface area contributed by atoms with Crippen LogP contribution in [0.1, 0.15) is 31.2 Å². The second kappa shape index (κ2) is 6.83. The van der Waals surface area contributed by atoms with Crippen LogP contribution in [0.2, 0.25) is 0 Å². The van der Waals surface area contributed by atoms with Crippen molar-refractivity contribution >= 4 is 17.6 Å². The van der Waals surface area contributed by atoms with Crippen molar-refractivity contribution in [2.45, 2.75) is 44.3 Å². The monoisotopic (exact) mass is 325 g/mol. The molecule has 1 saturated heterocycles. The Kier molecular flexibility index (Phi) is 4.61. The molecule has 1 atom stereocenters. The summed E-state index contributed by atoms with van der Waals surface area (Å²) in [7, 11) is 0. The van der Waals surface area contributed by atoms with E-state index < -0.39 is 17.7 Å². The summed E-state index contributed by atoms with van der Waals surface area (Å²) < 4.78 is 0. The predicted octanol–water partition coefficient (Wildman–Crippen LogP) is 1.17. The van der Waals surface area contributed by atoms with Gasteiger partial charge in [-0.3, -0.25) is 14.4 Å². The lowest BCUT2D eigenvalue weighted by molar-refractivity contribution is -0.143. The Morgan fingerprint density at radius 1 is 1.25 bits per heavy atom. The summed E-state index contributed by atoms with van der Waals surface area (Å²) in [6, 6.07) is 10.8. The van der Waals surface area contributed by atoms with E-state index in [-0.39, 0.29) is 24.3 Å². The van der Waals surface area contributed by atoms with Gasteiger partial charge in [0.2, 0.25) is 11.7 Å². The van der Waals surface area contributed by atoms with E-state index >= 15 is 0 Å². The maximum absolute atomic E-state index is 12.4. The van der Waals surface area contributed by atoms with Gasteiger partial charge in [-0.1, -0.05) is 30.3 Å². The van der Waals surface area contributed by atoms with Gasteiger partial charge < -0.3 is 10.2 Å². The fourth-order valence-electron chi connectivity index (χ4n) is 3.23. The molecule has 124 valence electrons. The fraction of sp³-hybridized carbons (Fsp3) is 0.444. The molecule has 1 heterocycles. The molecule has 24 heavy (non-hydrogen) atoms. The van der Waals surface area contributed by atoms with Gasteiger partial charge >= 0.3 is 0 Å². The van der Waals surface area contributed by atoms with E-state index in [0.29, 0.717) is 25.8 Å². The number of likely N-dealkylation sites (tertiary alicyclic amines) is 1. The molecule has 6 nitrogen and oxygen atoms in total. The molecule has 1 aliphatic heterocycles. The van der Waals surface area contributed by atoms with Crippen LogP contribution in [-0.4, -0.2) is 34.6 Å². The second-order valence-corrected chi connectivity index (χ2v) is 6.39. The third-order valence-electron chi connectivity index (χ3n) is 4.71. The lowest BCUT2D eigenvalue weighted by Gasteiger charge is -2.31. The van der Waals surface area contributed by atoms with Crippen molar-refractivity contribution in [3.63, 3.8) is 0 Å². The minimum absolute atomic E-state index is 0.0342. The molecule has 2 aliphatic rings. The minimum atomic E-state index is -0.690. The SMILES string of the molecule is N#CC1CC(NC(=O)C(=O)[C@H]2CCC(=O)N2Cc2ccccc2)C1. The Labute approximate surface area is 140 Å². The molecular formula is C18H19N3O3. The van der Waals surface area contributed by atoms with Crippen LogP contribution >= 0.6 is 0 Å². The van der Waals surface area contributed by atoms with E-state index in [0.717, 1.165) is 5.56 Å². The lowest BCUT2D eigenvalue weighted by Crippen LogP contribution is -2.51. The number of ketones is 1. The summed E-state index contributed by atoms with van der Waals surface area (Å²) >= 11 is 0. The van der Waals surface area contributed by atoms with Crippen LogP contribution in [-0.2, 0) is 20.9 Å². The molecule has 2 amide bonds. The number of rotatable bonds is 5. The van der Waals surface area contributed by atoms with Crippen molar-refractivity contribution in [3.8, 4) is 6.07 Å². The summed E-state index contributed by atoms with van der Waals surface area (Å²) in [5.41, 5.74) is 0.932. The normalized spacial score (nSPS) is 25.7. The van der Waals surface area contributed by atoms with E-state index in [1.54, 1.807) is 0 Å². The fourth-order valence-corrected chi connectivity index (χ4v) is 3.23. The number of benzene rings is 1. The van der Waals surface area contributed by atoms with Crippen molar-refractivity contribution in [2.24, 2.45) is 5.92 Å². The summed E-state index contributed by atoms with van der Waals surface area (Å²) in [6.07, 6.45) is 1.85. The average molecular weight is 325 g/mol. The number of carbonyl (C=O) groups excluding carboxylic acids is 3. The Morgan fingerprint density at radius 3 is 2.62 bits per heavy atom. The van der Waals surface area contributed by atoms with Crippen LogP contribution in [0, 0.1) is 17.2 Å². The molecule has 0 aromatic heterocycles. The molecule has 3 rings (SSSR count). The Morgan fingerprint density at radius 2 is 1.96 bits per heavy atom. The smallest absolute Gasteiger partial charge is 0.289 e. The molecule has 0 spiro atoms. The van der Waals surface area contributed by atoms with Crippen LogP contribution in [0.15, 0.2) is 30.3 Å². The highest BCUT2D eigenvalue weighted by Crippen LogP contribution is 2.27. The van der Waals surface area contributed by atoms with Gasteiger partial charge in [-0.2, -0.15) is 5.26 Å². The molecule has 1 aliphatic carbocycles. The molecule has 2 fully saturated rings. The highest BCUT2D eigenvalue weighted by molar-refractivity contribution is 6.38. The van der Waals surface area contributed by atoms with Gasteiger partial charge in [0.1, 0.15) is 6.04 Å². The number of carbonyl (C=O) groups is 3. The molecule has 0 radical (unpaired) electrons. The van der Waals surface area contributed by atoms with Gasteiger partial charge in [0.15, 0.2) is 0 Å². The maximum atomic E-state index is 12.4. The molecule has 0 bridgehead atoms. The van der Waals surface area contributed by atoms with Crippen molar-refractivity contribution in [1.29, 1.82) is 5.26 Å².